The van der Waals surface area contributed by atoms with Gasteiger partial charge >= 0.3 is 5.97 Å². The van der Waals surface area contributed by atoms with Crippen LogP contribution in [0.3, 0.4) is 0 Å². The summed E-state index contributed by atoms with van der Waals surface area (Å²) in [6.07, 6.45) is 0.972. The molecule has 0 bridgehead atoms. The smallest absolute Gasteiger partial charge is 0.307 e. The molecule has 0 aromatic heterocycles. The molecular weight excluding hydrogens is 226 g/mol. The topological polar surface area (TPSA) is 52.3 Å². The van der Waals surface area contributed by atoms with Gasteiger partial charge in [-0.3, -0.25) is 4.79 Å². The predicted octanol–water partition coefficient (Wildman–Crippen LogP) is 1.85. The third-order valence-corrected chi connectivity index (χ3v) is 2.28. The number of benzene rings is 1. The van der Waals surface area contributed by atoms with Crippen molar-refractivity contribution in [3.63, 3.8) is 0 Å². The van der Waals surface area contributed by atoms with Crippen LogP contribution in [0.4, 0.5) is 0 Å². The van der Waals surface area contributed by atoms with Crippen LogP contribution in [0, 0.1) is 6.92 Å². The van der Waals surface area contributed by atoms with E-state index >= 15 is 0 Å². The lowest BCUT2D eigenvalue weighted by molar-refractivity contribution is -0.140. The maximum absolute atomic E-state index is 11.0. The molecule has 1 atom stereocenters. The second-order valence-electron chi connectivity index (χ2n) is 3.73. The van der Waals surface area contributed by atoms with Gasteiger partial charge in [0.05, 0.1) is 13.5 Å². The highest BCUT2D eigenvalue weighted by Gasteiger charge is 2.09. The maximum Gasteiger partial charge on any atom is 0.307 e. The van der Waals surface area contributed by atoms with Gasteiger partial charge in [-0.2, -0.15) is 0 Å². The molecule has 16 heavy (non-hydrogen) atoms. The Hall–Kier alpha value is -1.06. The van der Waals surface area contributed by atoms with Crippen molar-refractivity contribution in [3.05, 3.63) is 35.4 Å². The molecule has 0 aliphatic rings. The van der Waals surface area contributed by atoms with Crippen LogP contribution in [0.1, 0.15) is 17.5 Å². The van der Waals surface area contributed by atoms with Crippen LogP contribution in [0.15, 0.2) is 24.3 Å². The van der Waals surface area contributed by atoms with Crippen LogP contribution in [0.25, 0.3) is 0 Å². The molecule has 90 valence electrons. The van der Waals surface area contributed by atoms with Crippen molar-refractivity contribution in [3.8, 4) is 0 Å². The lowest BCUT2D eigenvalue weighted by Crippen LogP contribution is -2.26. The molecule has 0 fully saturated rings. The Balaban J connectivity index is 0.00000225. The molecule has 0 amide bonds. The Morgan fingerprint density at radius 1 is 1.38 bits per heavy atom. The van der Waals surface area contributed by atoms with Gasteiger partial charge in [-0.25, -0.2) is 0 Å². The highest BCUT2D eigenvalue weighted by Crippen LogP contribution is 2.07. The quantitative estimate of drug-likeness (QED) is 0.822. The van der Waals surface area contributed by atoms with E-state index in [2.05, 4.69) is 4.74 Å². The van der Waals surface area contributed by atoms with Gasteiger partial charge in [-0.15, -0.1) is 12.4 Å². The van der Waals surface area contributed by atoms with E-state index in [1.54, 1.807) is 0 Å². The Morgan fingerprint density at radius 3 is 2.44 bits per heavy atom. The van der Waals surface area contributed by atoms with Crippen LogP contribution in [0.2, 0.25) is 0 Å². The SMILES string of the molecule is COC(=O)C[C@@H](N)Cc1ccc(C)cc1.Cl. The summed E-state index contributed by atoms with van der Waals surface area (Å²) in [5.41, 5.74) is 8.19. The number of rotatable bonds is 4. The van der Waals surface area contributed by atoms with Crippen LogP contribution >= 0.6 is 12.4 Å². The van der Waals surface area contributed by atoms with E-state index < -0.39 is 0 Å². The van der Waals surface area contributed by atoms with E-state index in [1.807, 2.05) is 31.2 Å². The summed E-state index contributed by atoms with van der Waals surface area (Å²) < 4.78 is 4.56. The first-order valence-electron chi connectivity index (χ1n) is 4.99. The van der Waals surface area contributed by atoms with Gasteiger partial charge in [0.15, 0.2) is 0 Å². The zero-order chi connectivity index (χ0) is 11.3. The van der Waals surface area contributed by atoms with Gasteiger partial charge in [0, 0.05) is 6.04 Å². The number of carbonyl (C=O) groups is 1. The summed E-state index contributed by atoms with van der Waals surface area (Å²) in [4.78, 5) is 11.0. The molecule has 1 aromatic carbocycles. The van der Waals surface area contributed by atoms with Crippen molar-refractivity contribution >= 4 is 18.4 Å². The lowest BCUT2D eigenvalue weighted by Gasteiger charge is -2.10. The normalized spacial score (nSPS) is 11.4. The third kappa shape index (κ3) is 5.14. The second kappa shape index (κ2) is 7.25. The first-order chi connectivity index (χ1) is 7.11. The average molecular weight is 244 g/mol. The van der Waals surface area contributed by atoms with Crippen LogP contribution < -0.4 is 5.73 Å². The minimum atomic E-state index is -0.255. The Morgan fingerprint density at radius 2 is 1.94 bits per heavy atom. The number of hydrogen-bond acceptors (Lipinski definition) is 3. The molecule has 1 rings (SSSR count). The Labute approximate surface area is 102 Å². The molecule has 0 spiro atoms. The van der Waals surface area contributed by atoms with E-state index in [9.17, 15) is 4.79 Å². The number of nitrogens with two attached hydrogens (primary N) is 1. The summed E-state index contributed by atoms with van der Waals surface area (Å²) >= 11 is 0. The molecule has 3 nitrogen and oxygen atoms in total. The van der Waals surface area contributed by atoms with E-state index in [1.165, 1.54) is 12.7 Å². The molecule has 4 heteroatoms. The van der Waals surface area contributed by atoms with Crippen LogP contribution in [-0.4, -0.2) is 19.1 Å². The van der Waals surface area contributed by atoms with Crippen molar-refractivity contribution in [2.45, 2.75) is 25.8 Å². The second-order valence-corrected chi connectivity index (χ2v) is 3.73. The molecule has 0 aliphatic carbocycles. The summed E-state index contributed by atoms with van der Waals surface area (Å²) in [7, 11) is 1.38. The van der Waals surface area contributed by atoms with E-state index in [0.29, 0.717) is 6.42 Å². The van der Waals surface area contributed by atoms with Gasteiger partial charge in [-0.05, 0) is 18.9 Å². The molecular formula is C12H18ClNO2. The van der Waals surface area contributed by atoms with Crippen molar-refractivity contribution in [1.29, 1.82) is 0 Å². The fourth-order valence-electron chi connectivity index (χ4n) is 1.40. The summed E-state index contributed by atoms with van der Waals surface area (Å²) in [5, 5.41) is 0. The van der Waals surface area contributed by atoms with Crippen LogP contribution in [0.5, 0.6) is 0 Å². The Bertz CT molecular complexity index is 324. The first-order valence-corrected chi connectivity index (χ1v) is 4.99. The molecule has 2 N–H and O–H groups in total. The monoisotopic (exact) mass is 243 g/mol. The number of methoxy groups -OCH3 is 1. The maximum atomic E-state index is 11.0. The predicted molar refractivity (Wildman–Crippen MR) is 66.7 cm³/mol. The Kier molecular flexibility index (Phi) is 6.77. The summed E-state index contributed by atoms with van der Waals surface area (Å²) in [5.74, 6) is -0.255. The van der Waals surface area contributed by atoms with E-state index in [0.717, 1.165) is 5.56 Å². The highest BCUT2D eigenvalue weighted by atomic mass is 35.5. The molecule has 0 saturated heterocycles. The van der Waals surface area contributed by atoms with Gasteiger partial charge in [0.25, 0.3) is 0 Å². The van der Waals surface area contributed by atoms with E-state index in [-0.39, 0.29) is 30.8 Å². The molecule has 1 aromatic rings. The fraction of sp³-hybridized carbons (Fsp3) is 0.417. The molecule has 0 heterocycles. The van der Waals surface area contributed by atoms with Crippen molar-refractivity contribution in [2.75, 3.05) is 7.11 Å². The largest absolute Gasteiger partial charge is 0.469 e. The number of halogens is 1. The zero-order valence-corrected chi connectivity index (χ0v) is 10.4. The number of hydrogen-bond donors (Lipinski definition) is 1. The summed E-state index contributed by atoms with van der Waals surface area (Å²) in [6.45, 7) is 2.04. The van der Waals surface area contributed by atoms with Gasteiger partial charge in [0.2, 0.25) is 0 Å². The zero-order valence-electron chi connectivity index (χ0n) is 9.60. The standard InChI is InChI=1S/C12H17NO2.ClH/c1-9-3-5-10(6-4-9)7-11(13)8-12(14)15-2;/h3-6,11H,7-8,13H2,1-2H3;1H/t11-;/m0./s1. The number of carbonyl (C=O) groups excluding carboxylic acids is 1. The lowest BCUT2D eigenvalue weighted by atomic mass is 10.0. The van der Waals surface area contributed by atoms with Crippen molar-refractivity contribution in [1.82, 2.24) is 0 Å². The summed E-state index contributed by atoms with van der Waals surface area (Å²) in [6, 6.07) is 7.99. The average Bonchev–Trinajstić information content (AvgIpc) is 2.21. The molecule has 0 aliphatic heterocycles. The van der Waals surface area contributed by atoms with Gasteiger partial charge < -0.3 is 10.5 Å². The minimum absolute atomic E-state index is 0. The minimum Gasteiger partial charge on any atom is -0.469 e. The molecule has 0 unspecified atom stereocenters. The van der Waals surface area contributed by atoms with Gasteiger partial charge in [0.1, 0.15) is 0 Å². The highest BCUT2D eigenvalue weighted by molar-refractivity contribution is 5.85. The number of ether oxygens (including phenoxy) is 1. The van der Waals surface area contributed by atoms with Crippen molar-refractivity contribution in [2.24, 2.45) is 5.73 Å². The molecule has 0 radical (unpaired) electrons. The fourth-order valence-corrected chi connectivity index (χ4v) is 1.40. The van der Waals surface area contributed by atoms with Gasteiger partial charge in [-0.1, -0.05) is 29.8 Å². The van der Waals surface area contributed by atoms with E-state index in [4.69, 9.17) is 5.73 Å². The van der Waals surface area contributed by atoms with Crippen LogP contribution in [-0.2, 0) is 16.0 Å². The van der Waals surface area contributed by atoms with Crippen molar-refractivity contribution < 1.29 is 9.53 Å². The first kappa shape index (κ1) is 14.9. The molecule has 0 saturated carbocycles. The third-order valence-electron chi connectivity index (χ3n) is 2.28. The number of esters is 1. The number of aryl methyl sites for hydroxylation is 1.